The summed E-state index contributed by atoms with van der Waals surface area (Å²) < 4.78 is 5.90. The van der Waals surface area contributed by atoms with Crippen LogP contribution in [0.2, 0.25) is 0 Å². The number of benzene rings is 3. The summed E-state index contributed by atoms with van der Waals surface area (Å²) in [4.78, 5) is 3.19. The van der Waals surface area contributed by atoms with Crippen LogP contribution in [0.4, 0.5) is 0 Å². The molecule has 4 rings (SSSR count). The largest absolute Gasteiger partial charge is 0.489 e. The van der Waals surface area contributed by atoms with Gasteiger partial charge in [-0.3, -0.25) is 0 Å². The first-order chi connectivity index (χ1) is 11.4. The van der Waals surface area contributed by atoms with Gasteiger partial charge in [0.1, 0.15) is 12.4 Å². The molecule has 112 valence electrons. The van der Waals surface area contributed by atoms with E-state index in [1.165, 1.54) is 22.1 Å². The Morgan fingerprint density at radius 3 is 2.35 bits per heavy atom. The van der Waals surface area contributed by atoms with Crippen LogP contribution in [0.15, 0.2) is 85.1 Å². The van der Waals surface area contributed by atoms with Gasteiger partial charge in [0.05, 0.1) is 0 Å². The molecule has 1 N–H and O–H groups in total. The molecule has 0 radical (unpaired) electrons. The molecule has 2 heteroatoms. The summed E-state index contributed by atoms with van der Waals surface area (Å²) in [7, 11) is 0. The van der Waals surface area contributed by atoms with Crippen LogP contribution < -0.4 is 4.74 Å². The molecule has 2 nitrogen and oxygen atoms in total. The van der Waals surface area contributed by atoms with Crippen molar-refractivity contribution in [3.8, 4) is 16.9 Å². The monoisotopic (exact) mass is 299 g/mol. The summed E-state index contributed by atoms with van der Waals surface area (Å²) in [6, 6.07) is 27.1. The Morgan fingerprint density at radius 2 is 1.52 bits per heavy atom. The molecule has 3 aromatic carbocycles. The highest BCUT2D eigenvalue weighted by Gasteiger charge is 2.01. The fourth-order valence-electron chi connectivity index (χ4n) is 2.71. The van der Waals surface area contributed by atoms with Crippen LogP contribution in [-0.4, -0.2) is 4.98 Å². The number of hydrogen-bond acceptors (Lipinski definition) is 1. The Labute approximate surface area is 135 Å². The molecule has 0 amide bonds. The minimum absolute atomic E-state index is 0.574. The smallest absolute Gasteiger partial charge is 0.120 e. The molecule has 4 aromatic rings. The highest BCUT2D eigenvalue weighted by molar-refractivity contribution is 5.80. The first kappa shape index (κ1) is 13.6. The van der Waals surface area contributed by atoms with Gasteiger partial charge in [-0.1, -0.05) is 54.6 Å². The number of aromatic nitrogens is 1. The second-order valence-corrected chi connectivity index (χ2v) is 5.58. The molecular weight excluding hydrogens is 282 g/mol. The second-order valence-electron chi connectivity index (χ2n) is 5.58. The molecule has 0 saturated heterocycles. The number of H-pyrrole nitrogens is 1. The minimum atomic E-state index is 0.574. The lowest BCUT2D eigenvalue weighted by molar-refractivity contribution is 0.306. The third-order valence-electron chi connectivity index (χ3n) is 3.99. The van der Waals surface area contributed by atoms with Crippen LogP contribution in [0.3, 0.4) is 0 Å². The predicted octanol–water partition coefficient (Wildman–Crippen LogP) is 5.41. The van der Waals surface area contributed by atoms with Gasteiger partial charge in [-0.05, 0) is 41.0 Å². The molecule has 0 bridgehead atoms. The lowest BCUT2D eigenvalue weighted by atomic mass is 10.0. The maximum absolute atomic E-state index is 5.90. The van der Waals surface area contributed by atoms with Crippen molar-refractivity contribution in [2.45, 2.75) is 6.61 Å². The zero-order valence-corrected chi connectivity index (χ0v) is 12.7. The zero-order chi connectivity index (χ0) is 15.5. The maximum Gasteiger partial charge on any atom is 0.120 e. The van der Waals surface area contributed by atoms with Crippen LogP contribution >= 0.6 is 0 Å². The highest BCUT2D eigenvalue weighted by Crippen LogP contribution is 2.22. The van der Waals surface area contributed by atoms with Gasteiger partial charge in [-0.15, -0.1) is 0 Å². The predicted molar refractivity (Wildman–Crippen MR) is 94.5 cm³/mol. The summed E-state index contributed by atoms with van der Waals surface area (Å²) in [6.07, 6.45) is 1.94. The Balaban J connectivity index is 1.46. The van der Waals surface area contributed by atoms with Crippen molar-refractivity contribution < 1.29 is 4.74 Å². The first-order valence-electron chi connectivity index (χ1n) is 7.73. The normalized spacial score (nSPS) is 10.8. The molecule has 0 unspecified atom stereocenters. The van der Waals surface area contributed by atoms with Crippen molar-refractivity contribution in [3.63, 3.8) is 0 Å². The van der Waals surface area contributed by atoms with Gasteiger partial charge in [0.2, 0.25) is 0 Å². The fraction of sp³-hybridized carbons (Fsp3) is 0.0476. The lowest BCUT2D eigenvalue weighted by Crippen LogP contribution is -1.95. The number of ether oxygens (including phenoxy) is 1. The van der Waals surface area contributed by atoms with Gasteiger partial charge in [-0.25, -0.2) is 0 Å². The van der Waals surface area contributed by atoms with Crippen LogP contribution in [0.5, 0.6) is 5.75 Å². The van der Waals surface area contributed by atoms with Crippen LogP contribution in [0.25, 0.3) is 22.0 Å². The molecule has 0 saturated carbocycles. The zero-order valence-electron chi connectivity index (χ0n) is 12.7. The molecule has 0 fully saturated rings. The van der Waals surface area contributed by atoms with E-state index < -0.39 is 0 Å². The van der Waals surface area contributed by atoms with E-state index in [9.17, 15) is 0 Å². The molecule has 0 spiro atoms. The number of hydrogen-bond donors (Lipinski definition) is 1. The number of nitrogens with one attached hydrogen (secondary N) is 1. The summed E-state index contributed by atoms with van der Waals surface area (Å²) in [5.74, 6) is 0.893. The van der Waals surface area contributed by atoms with Crippen molar-refractivity contribution in [3.05, 3.63) is 90.6 Å². The maximum atomic E-state index is 5.90. The fourth-order valence-corrected chi connectivity index (χ4v) is 2.71. The van der Waals surface area contributed by atoms with Crippen LogP contribution in [0, 0.1) is 0 Å². The van der Waals surface area contributed by atoms with E-state index in [-0.39, 0.29) is 0 Å². The van der Waals surface area contributed by atoms with Crippen molar-refractivity contribution in [2.24, 2.45) is 0 Å². The van der Waals surface area contributed by atoms with Gasteiger partial charge >= 0.3 is 0 Å². The molecule has 0 aliphatic carbocycles. The van der Waals surface area contributed by atoms with E-state index in [1.54, 1.807) is 0 Å². The summed E-state index contributed by atoms with van der Waals surface area (Å²) >= 11 is 0. The molecule has 1 heterocycles. The lowest BCUT2D eigenvalue weighted by Gasteiger charge is -2.08. The SMILES string of the molecule is c1ccc(-c2ccc(COc3ccc4[nH]ccc4c3)cc2)cc1. The van der Waals surface area contributed by atoms with Gasteiger partial charge < -0.3 is 9.72 Å². The third-order valence-corrected chi connectivity index (χ3v) is 3.99. The number of aromatic amines is 1. The Morgan fingerprint density at radius 1 is 0.739 bits per heavy atom. The average molecular weight is 299 g/mol. The van der Waals surface area contributed by atoms with Crippen molar-refractivity contribution in [1.29, 1.82) is 0 Å². The highest BCUT2D eigenvalue weighted by atomic mass is 16.5. The van der Waals surface area contributed by atoms with E-state index in [0.717, 1.165) is 11.3 Å². The van der Waals surface area contributed by atoms with Crippen molar-refractivity contribution >= 4 is 10.9 Å². The molecule has 23 heavy (non-hydrogen) atoms. The summed E-state index contributed by atoms with van der Waals surface area (Å²) in [5, 5.41) is 1.17. The molecule has 1 aromatic heterocycles. The van der Waals surface area contributed by atoms with E-state index in [2.05, 4.69) is 65.6 Å². The molecule has 0 atom stereocenters. The van der Waals surface area contributed by atoms with Gasteiger partial charge in [0.15, 0.2) is 0 Å². The quantitative estimate of drug-likeness (QED) is 0.535. The van der Waals surface area contributed by atoms with Gasteiger partial charge in [0.25, 0.3) is 0 Å². The number of rotatable bonds is 4. The number of fused-ring (bicyclic) bond motifs is 1. The van der Waals surface area contributed by atoms with E-state index >= 15 is 0 Å². The van der Waals surface area contributed by atoms with Gasteiger partial charge in [-0.2, -0.15) is 0 Å². The molecule has 0 aliphatic heterocycles. The van der Waals surface area contributed by atoms with Crippen molar-refractivity contribution in [1.82, 2.24) is 4.98 Å². The minimum Gasteiger partial charge on any atom is -0.489 e. The Kier molecular flexibility index (Phi) is 3.57. The van der Waals surface area contributed by atoms with Crippen molar-refractivity contribution in [2.75, 3.05) is 0 Å². The van der Waals surface area contributed by atoms with E-state index in [4.69, 9.17) is 4.74 Å². The topological polar surface area (TPSA) is 25.0 Å². The van der Waals surface area contributed by atoms with Gasteiger partial charge in [0, 0.05) is 17.1 Å². The standard InChI is InChI=1S/C21H17NO/c1-2-4-17(5-3-1)18-8-6-16(7-9-18)15-23-20-10-11-21-19(14-20)12-13-22-21/h1-14,22H,15H2. The second kappa shape index (κ2) is 6.01. The Bertz CT molecular complexity index is 907. The first-order valence-corrected chi connectivity index (χ1v) is 7.73. The Hall–Kier alpha value is -3.00. The van der Waals surface area contributed by atoms with Crippen LogP contribution in [-0.2, 0) is 6.61 Å². The van der Waals surface area contributed by atoms with E-state index in [0.29, 0.717) is 6.61 Å². The average Bonchev–Trinajstić information content (AvgIpc) is 3.09. The van der Waals surface area contributed by atoms with Crippen LogP contribution in [0.1, 0.15) is 5.56 Å². The molecular formula is C21H17NO. The summed E-state index contributed by atoms with van der Waals surface area (Å²) in [6.45, 7) is 0.574. The third kappa shape index (κ3) is 2.97. The summed E-state index contributed by atoms with van der Waals surface area (Å²) in [5.41, 5.74) is 4.75. The molecule has 0 aliphatic rings. The van der Waals surface area contributed by atoms with E-state index in [1.807, 2.05) is 24.4 Å².